The van der Waals surface area contributed by atoms with Crippen LogP contribution in [0.15, 0.2) is 0 Å². The molecule has 0 N–H and O–H groups in total. The standard InChI is InChI=1S/C12H28N.CBr4.BrH/c1-5-9-13(10-6-2,11-7-3)12-8-4;2-1(3,4)5;/h5-12H2,1-4H3;;1H/q+1;;/p-1. The lowest BCUT2D eigenvalue weighted by atomic mass is 10.2. The van der Waals surface area contributed by atoms with Gasteiger partial charge in [-0.25, -0.2) is 0 Å². The molecule has 0 aliphatic rings. The summed E-state index contributed by atoms with van der Waals surface area (Å²) in [5.41, 5.74) is 0. The lowest BCUT2D eigenvalue weighted by molar-refractivity contribution is -0.928. The fourth-order valence-electron chi connectivity index (χ4n) is 2.57. The van der Waals surface area contributed by atoms with Gasteiger partial charge in [0.15, 0.2) is 1.05 Å². The third-order valence-electron chi connectivity index (χ3n) is 2.79. The van der Waals surface area contributed by atoms with Gasteiger partial charge in [0.25, 0.3) is 0 Å². The van der Waals surface area contributed by atoms with Crippen LogP contribution in [0.1, 0.15) is 53.4 Å². The number of halogens is 5. The molecule has 0 saturated heterocycles. The van der Waals surface area contributed by atoms with Gasteiger partial charge in [-0.05, 0) is 89.4 Å². The van der Waals surface area contributed by atoms with Crippen molar-refractivity contribution >= 4 is 63.7 Å². The molecule has 0 heterocycles. The summed E-state index contributed by atoms with van der Waals surface area (Å²) >= 11 is 12.5. The summed E-state index contributed by atoms with van der Waals surface area (Å²) in [5.74, 6) is 0. The SMILES string of the molecule is BrC(Br)(Br)Br.CCC[N+](CCC)(CCC)CCC.[Br-]. The number of nitrogens with zero attached hydrogens (tertiary/aromatic N) is 1. The molecule has 0 unspecified atom stereocenters. The molecule has 0 fully saturated rings. The summed E-state index contributed by atoms with van der Waals surface area (Å²) in [5, 5.41) is 0. The molecule has 120 valence electrons. The molecule has 6 heteroatoms. The van der Waals surface area contributed by atoms with E-state index in [-0.39, 0.29) is 18.0 Å². The summed E-state index contributed by atoms with van der Waals surface area (Å²) in [6.45, 7) is 14.8. The summed E-state index contributed by atoms with van der Waals surface area (Å²) in [6, 6.07) is 0. The van der Waals surface area contributed by atoms with E-state index in [1.807, 2.05) is 0 Å². The van der Waals surface area contributed by atoms with Crippen molar-refractivity contribution in [2.45, 2.75) is 54.4 Å². The zero-order chi connectivity index (χ0) is 14.7. The smallest absolute Gasteiger partial charge is 0.189 e. The molecule has 0 aromatic carbocycles. The lowest BCUT2D eigenvalue weighted by Gasteiger charge is -2.38. The Labute approximate surface area is 164 Å². The second-order valence-electron chi connectivity index (χ2n) is 4.66. The third kappa shape index (κ3) is 20.4. The Morgan fingerprint density at radius 3 is 0.895 bits per heavy atom. The van der Waals surface area contributed by atoms with Crippen molar-refractivity contribution in [1.82, 2.24) is 0 Å². The highest BCUT2D eigenvalue weighted by atomic mass is 80.0. The van der Waals surface area contributed by atoms with Gasteiger partial charge in [0, 0.05) is 0 Å². The van der Waals surface area contributed by atoms with Crippen LogP contribution in [0, 0.1) is 0 Å². The fraction of sp³-hybridized carbons (Fsp3) is 1.00. The van der Waals surface area contributed by atoms with Crippen molar-refractivity contribution in [3.05, 3.63) is 0 Å². The Morgan fingerprint density at radius 2 is 0.789 bits per heavy atom. The van der Waals surface area contributed by atoms with Crippen LogP contribution in [0.5, 0.6) is 0 Å². The van der Waals surface area contributed by atoms with Crippen LogP contribution in [0.3, 0.4) is 0 Å². The number of alkyl halides is 4. The number of quaternary nitrogens is 1. The molecular formula is C13H28Br5N. The van der Waals surface area contributed by atoms with Crippen molar-refractivity contribution in [3.8, 4) is 0 Å². The Hall–Kier alpha value is 2.36. The monoisotopic (exact) mass is 593 g/mol. The van der Waals surface area contributed by atoms with E-state index in [9.17, 15) is 0 Å². The highest BCUT2D eigenvalue weighted by Crippen LogP contribution is 2.39. The molecule has 0 saturated carbocycles. The fourth-order valence-corrected chi connectivity index (χ4v) is 2.57. The predicted octanol–water partition coefficient (Wildman–Crippen LogP) is 3.62. The summed E-state index contributed by atoms with van der Waals surface area (Å²) < 4.78 is 1.12. The van der Waals surface area contributed by atoms with E-state index in [2.05, 4.69) is 91.4 Å². The average molecular weight is 598 g/mol. The molecule has 0 bridgehead atoms. The molecule has 1 nitrogen and oxygen atoms in total. The largest absolute Gasteiger partial charge is 1.00 e. The van der Waals surface area contributed by atoms with Gasteiger partial charge < -0.3 is 21.5 Å². The van der Waals surface area contributed by atoms with Gasteiger partial charge in [0.2, 0.25) is 0 Å². The van der Waals surface area contributed by atoms with Crippen LogP contribution in [-0.4, -0.2) is 31.7 Å². The Bertz CT molecular complexity index is 147. The van der Waals surface area contributed by atoms with Crippen LogP contribution >= 0.6 is 63.7 Å². The molecule has 0 aliphatic carbocycles. The zero-order valence-corrected chi connectivity index (χ0v) is 20.4. The number of hydrogen-bond donors (Lipinski definition) is 0. The highest BCUT2D eigenvalue weighted by Gasteiger charge is 2.22. The Balaban J connectivity index is -0.000000366. The van der Waals surface area contributed by atoms with Crippen molar-refractivity contribution in [1.29, 1.82) is 0 Å². The number of rotatable bonds is 8. The maximum atomic E-state index is 3.12. The minimum Gasteiger partial charge on any atom is -1.00 e. The van der Waals surface area contributed by atoms with Gasteiger partial charge in [-0.2, -0.15) is 0 Å². The van der Waals surface area contributed by atoms with Crippen molar-refractivity contribution in [3.63, 3.8) is 0 Å². The predicted molar refractivity (Wildman–Crippen MR) is 99.3 cm³/mol. The molecule has 0 aromatic rings. The first-order valence-corrected chi connectivity index (χ1v) is 10.0. The van der Waals surface area contributed by atoms with Gasteiger partial charge in [-0.15, -0.1) is 0 Å². The summed E-state index contributed by atoms with van der Waals surface area (Å²) in [4.78, 5) is 0. The van der Waals surface area contributed by atoms with E-state index in [0.29, 0.717) is 0 Å². The molecular weight excluding hydrogens is 570 g/mol. The first-order chi connectivity index (χ1) is 8.24. The third-order valence-corrected chi connectivity index (χ3v) is 2.79. The van der Waals surface area contributed by atoms with E-state index in [1.54, 1.807) is 0 Å². The quantitative estimate of drug-likeness (QED) is 0.296. The van der Waals surface area contributed by atoms with Crippen molar-refractivity contribution in [2.75, 3.05) is 26.2 Å². The van der Waals surface area contributed by atoms with Gasteiger partial charge in [0.1, 0.15) is 0 Å². The van der Waals surface area contributed by atoms with E-state index >= 15 is 0 Å². The van der Waals surface area contributed by atoms with Gasteiger partial charge in [-0.3, -0.25) is 0 Å². The minimum atomic E-state index is -0.250. The van der Waals surface area contributed by atoms with Crippen LogP contribution in [-0.2, 0) is 0 Å². The second-order valence-corrected chi connectivity index (χ2v) is 15.8. The maximum absolute atomic E-state index is 3.12. The van der Waals surface area contributed by atoms with Crippen molar-refractivity contribution in [2.24, 2.45) is 0 Å². The van der Waals surface area contributed by atoms with Gasteiger partial charge >= 0.3 is 0 Å². The molecule has 0 aliphatic heterocycles. The maximum Gasteiger partial charge on any atom is 0.189 e. The highest BCUT2D eigenvalue weighted by molar-refractivity contribution is 9.52. The van der Waals surface area contributed by atoms with E-state index in [0.717, 1.165) is 0 Å². The summed E-state index contributed by atoms with van der Waals surface area (Å²) in [7, 11) is 0. The molecule has 0 spiro atoms. The molecule has 0 radical (unpaired) electrons. The molecule has 0 atom stereocenters. The van der Waals surface area contributed by atoms with Gasteiger partial charge in [0.05, 0.1) is 26.2 Å². The average Bonchev–Trinajstić information content (AvgIpc) is 2.16. The zero-order valence-electron chi connectivity index (χ0n) is 12.5. The molecule has 19 heavy (non-hydrogen) atoms. The van der Waals surface area contributed by atoms with E-state index in [1.165, 1.54) is 56.3 Å². The van der Waals surface area contributed by atoms with E-state index < -0.39 is 0 Å². The second kappa shape index (κ2) is 15.3. The Kier molecular flexibility index (Phi) is 21.1. The van der Waals surface area contributed by atoms with Crippen LogP contribution in [0.2, 0.25) is 0 Å². The summed E-state index contributed by atoms with van der Waals surface area (Å²) in [6.07, 6.45) is 5.33. The minimum absolute atomic E-state index is 0. The van der Waals surface area contributed by atoms with Crippen LogP contribution in [0.4, 0.5) is 0 Å². The van der Waals surface area contributed by atoms with Gasteiger partial charge in [-0.1, -0.05) is 27.7 Å². The first kappa shape index (κ1) is 26.3. The first-order valence-electron chi connectivity index (χ1n) is 6.85. The van der Waals surface area contributed by atoms with E-state index in [4.69, 9.17) is 0 Å². The molecule has 0 rings (SSSR count). The van der Waals surface area contributed by atoms with Crippen molar-refractivity contribution < 1.29 is 21.5 Å². The van der Waals surface area contributed by atoms with Crippen LogP contribution < -0.4 is 17.0 Å². The lowest BCUT2D eigenvalue weighted by Crippen LogP contribution is -3.00. The topological polar surface area (TPSA) is 0 Å². The normalized spacial score (nSPS) is 11.4. The molecule has 0 aromatic heterocycles. The Morgan fingerprint density at radius 1 is 0.632 bits per heavy atom. The number of hydrogen-bond acceptors (Lipinski definition) is 0. The molecule has 0 amide bonds. The van der Waals surface area contributed by atoms with Crippen LogP contribution in [0.25, 0.3) is 0 Å².